The molecule has 1 saturated heterocycles. The van der Waals surface area contributed by atoms with Gasteiger partial charge in [0.05, 0.1) is 17.7 Å². The van der Waals surface area contributed by atoms with E-state index in [0.717, 1.165) is 0 Å². The van der Waals surface area contributed by atoms with Gasteiger partial charge in [0.2, 0.25) is 0 Å². The fourth-order valence-corrected chi connectivity index (χ4v) is 4.05. The fraction of sp³-hybridized carbons (Fsp3) is 0.481. The molecule has 2 aromatic carbocycles. The van der Waals surface area contributed by atoms with E-state index in [9.17, 15) is 24.9 Å². The standard InChI is InChI=1S/C27H34ClNO11/c1-27(2,3)40-26(34)29-16-8-6-7-14(9-16)12-37-23-17(28)10-15(11-18(23)35-4)24(33)38-13-19-20(30)21(31)22(32)25(36-5)39-19/h6-11,19-22,25,30-32H,12-13H2,1-5H3,(H,29,34)/t19-,20-,21+,22-,25+/m1/s1. The van der Waals surface area contributed by atoms with Crippen molar-refractivity contribution in [3.63, 3.8) is 0 Å². The summed E-state index contributed by atoms with van der Waals surface area (Å²) in [6.45, 7) is 4.93. The van der Waals surface area contributed by atoms with Crippen molar-refractivity contribution in [2.24, 2.45) is 0 Å². The normalized spacial score (nSPS) is 22.8. The minimum atomic E-state index is -1.55. The number of rotatable bonds is 9. The highest BCUT2D eigenvalue weighted by Crippen LogP contribution is 2.37. The molecule has 2 aromatic rings. The number of aliphatic hydroxyl groups is 3. The minimum Gasteiger partial charge on any atom is -0.493 e. The lowest BCUT2D eigenvalue weighted by Gasteiger charge is -2.39. The molecule has 1 heterocycles. The Bertz CT molecular complexity index is 1180. The molecule has 0 aromatic heterocycles. The number of ether oxygens (including phenoxy) is 6. The molecule has 0 radical (unpaired) electrons. The molecule has 3 rings (SSSR count). The summed E-state index contributed by atoms with van der Waals surface area (Å²) in [7, 11) is 2.64. The van der Waals surface area contributed by atoms with Gasteiger partial charge < -0.3 is 43.7 Å². The molecule has 1 amide bonds. The van der Waals surface area contributed by atoms with E-state index in [1.54, 1.807) is 45.0 Å². The van der Waals surface area contributed by atoms with Crippen molar-refractivity contribution in [1.29, 1.82) is 0 Å². The summed E-state index contributed by atoms with van der Waals surface area (Å²) in [5.41, 5.74) is 0.619. The van der Waals surface area contributed by atoms with Crippen LogP contribution in [0.2, 0.25) is 5.02 Å². The molecule has 0 spiro atoms. The van der Waals surface area contributed by atoms with Crippen molar-refractivity contribution in [3.05, 3.63) is 52.5 Å². The van der Waals surface area contributed by atoms with Crippen molar-refractivity contribution < 1.29 is 53.3 Å². The molecule has 5 atom stereocenters. The lowest BCUT2D eigenvalue weighted by atomic mass is 9.99. The molecule has 0 bridgehead atoms. The van der Waals surface area contributed by atoms with Crippen LogP contribution in [0.25, 0.3) is 0 Å². The van der Waals surface area contributed by atoms with Crippen molar-refractivity contribution in [3.8, 4) is 11.5 Å². The van der Waals surface area contributed by atoms with Crippen LogP contribution in [0.4, 0.5) is 10.5 Å². The summed E-state index contributed by atoms with van der Waals surface area (Å²) in [4.78, 5) is 24.8. The van der Waals surface area contributed by atoms with Crippen molar-refractivity contribution >= 4 is 29.4 Å². The fourth-order valence-electron chi connectivity index (χ4n) is 3.78. The van der Waals surface area contributed by atoms with Crippen LogP contribution in [0.15, 0.2) is 36.4 Å². The van der Waals surface area contributed by atoms with Gasteiger partial charge in [-0.1, -0.05) is 23.7 Å². The number of methoxy groups -OCH3 is 2. The largest absolute Gasteiger partial charge is 0.493 e. The van der Waals surface area contributed by atoms with E-state index in [2.05, 4.69) is 5.32 Å². The zero-order valence-electron chi connectivity index (χ0n) is 22.8. The van der Waals surface area contributed by atoms with Gasteiger partial charge in [-0.05, 0) is 50.6 Å². The van der Waals surface area contributed by atoms with E-state index in [-0.39, 0.29) is 28.7 Å². The maximum atomic E-state index is 12.7. The smallest absolute Gasteiger partial charge is 0.412 e. The van der Waals surface area contributed by atoms with E-state index in [4.69, 9.17) is 40.0 Å². The quantitative estimate of drug-likeness (QED) is 0.321. The monoisotopic (exact) mass is 583 g/mol. The summed E-state index contributed by atoms with van der Waals surface area (Å²) < 4.78 is 32.0. The highest BCUT2D eigenvalue weighted by Gasteiger charge is 2.44. The number of hydrogen-bond donors (Lipinski definition) is 4. The van der Waals surface area contributed by atoms with Gasteiger partial charge in [-0.3, -0.25) is 5.32 Å². The second-order valence-electron chi connectivity index (χ2n) is 9.95. The Balaban J connectivity index is 1.64. The Morgan fingerprint density at radius 3 is 2.42 bits per heavy atom. The Hall–Kier alpha value is -3.13. The topological polar surface area (TPSA) is 162 Å². The number of carbonyl (C=O) groups excluding carboxylic acids is 2. The van der Waals surface area contributed by atoms with Gasteiger partial charge in [-0.25, -0.2) is 9.59 Å². The van der Waals surface area contributed by atoms with Crippen molar-refractivity contribution in [1.82, 2.24) is 0 Å². The Kier molecular flexibility index (Phi) is 10.6. The second kappa shape index (κ2) is 13.5. The summed E-state index contributed by atoms with van der Waals surface area (Å²) in [5.74, 6) is -0.468. The molecule has 0 aliphatic carbocycles. The summed E-state index contributed by atoms with van der Waals surface area (Å²) in [6, 6.07) is 9.65. The number of halogens is 1. The van der Waals surface area contributed by atoms with E-state index in [1.165, 1.54) is 26.4 Å². The van der Waals surface area contributed by atoms with Crippen LogP contribution in [-0.2, 0) is 25.6 Å². The first kappa shape index (κ1) is 31.4. The Morgan fingerprint density at radius 2 is 1.77 bits per heavy atom. The van der Waals surface area contributed by atoms with E-state index >= 15 is 0 Å². The number of carbonyl (C=O) groups is 2. The molecule has 40 heavy (non-hydrogen) atoms. The van der Waals surface area contributed by atoms with Gasteiger partial charge in [0.25, 0.3) is 0 Å². The third-order valence-electron chi connectivity index (χ3n) is 5.70. The molecule has 4 N–H and O–H groups in total. The summed E-state index contributed by atoms with van der Waals surface area (Å²) in [6.07, 6.45) is -7.47. The molecule has 12 nitrogen and oxygen atoms in total. The molecule has 1 fully saturated rings. The van der Waals surface area contributed by atoms with Gasteiger partial charge in [-0.2, -0.15) is 0 Å². The third-order valence-corrected chi connectivity index (χ3v) is 5.98. The zero-order valence-corrected chi connectivity index (χ0v) is 23.5. The van der Waals surface area contributed by atoms with Gasteiger partial charge in [-0.15, -0.1) is 0 Å². The number of anilines is 1. The first-order valence-corrected chi connectivity index (χ1v) is 12.7. The maximum Gasteiger partial charge on any atom is 0.412 e. The second-order valence-corrected chi connectivity index (χ2v) is 10.4. The third kappa shape index (κ3) is 8.19. The van der Waals surface area contributed by atoms with E-state index < -0.39 is 55.0 Å². The van der Waals surface area contributed by atoms with E-state index in [0.29, 0.717) is 11.3 Å². The number of hydrogen-bond acceptors (Lipinski definition) is 11. The molecule has 0 unspecified atom stereocenters. The molecule has 220 valence electrons. The molecule has 0 saturated carbocycles. The Morgan fingerprint density at radius 1 is 1.05 bits per heavy atom. The maximum absolute atomic E-state index is 12.7. The first-order chi connectivity index (χ1) is 18.8. The number of benzene rings is 2. The van der Waals surface area contributed by atoms with Crippen LogP contribution in [0.3, 0.4) is 0 Å². The van der Waals surface area contributed by atoms with Gasteiger partial charge in [0.1, 0.15) is 43.2 Å². The summed E-state index contributed by atoms with van der Waals surface area (Å²) in [5, 5.41) is 32.7. The summed E-state index contributed by atoms with van der Waals surface area (Å²) >= 11 is 6.40. The van der Waals surface area contributed by atoms with Crippen LogP contribution in [-0.4, -0.2) is 84.5 Å². The number of amides is 1. The number of nitrogens with one attached hydrogen (secondary N) is 1. The van der Waals surface area contributed by atoms with Crippen LogP contribution in [0.1, 0.15) is 36.7 Å². The molecule has 1 aliphatic heterocycles. The SMILES string of the molecule is COc1cc(C(=O)OC[C@H]2O[C@H](OC)[C@H](O)[C@@H](O)[C@@H]2O)cc(Cl)c1OCc1cccc(NC(=O)OC(C)(C)C)c1. The highest BCUT2D eigenvalue weighted by molar-refractivity contribution is 6.32. The van der Waals surface area contributed by atoms with E-state index in [1.807, 2.05) is 0 Å². The van der Waals surface area contributed by atoms with Crippen LogP contribution in [0, 0.1) is 0 Å². The Labute approximate surface area is 236 Å². The number of aliphatic hydroxyl groups excluding tert-OH is 3. The van der Waals surface area contributed by atoms with Crippen molar-refractivity contribution in [2.75, 3.05) is 26.1 Å². The van der Waals surface area contributed by atoms with Gasteiger partial charge >= 0.3 is 12.1 Å². The predicted molar refractivity (Wildman–Crippen MR) is 143 cm³/mol. The minimum absolute atomic E-state index is 0.0342. The predicted octanol–water partition coefficient (Wildman–Crippen LogP) is 2.89. The van der Waals surface area contributed by atoms with Gasteiger partial charge in [0, 0.05) is 12.8 Å². The number of esters is 1. The average Bonchev–Trinajstić information content (AvgIpc) is 2.89. The lowest BCUT2D eigenvalue weighted by molar-refractivity contribution is -0.294. The van der Waals surface area contributed by atoms with Gasteiger partial charge in [0.15, 0.2) is 17.8 Å². The van der Waals surface area contributed by atoms with Crippen LogP contribution < -0.4 is 14.8 Å². The van der Waals surface area contributed by atoms with Crippen LogP contribution in [0.5, 0.6) is 11.5 Å². The molecule has 1 aliphatic rings. The molecule has 13 heteroatoms. The highest BCUT2D eigenvalue weighted by atomic mass is 35.5. The lowest BCUT2D eigenvalue weighted by Crippen LogP contribution is -2.59. The average molecular weight is 584 g/mol. The molecular formula is C27H34ClNO11. The first-order valence-electron chi connectivity index (χ1n) is 12.3. The molecular weight excluding hydrogens is 550 g/mol. The zero-order chi connectivity index (χ0) is 29.6. The van der Waals surface area contributed by atoms with Crippen molar-refractivity contribution in [2.45, 2.75) is 63.7 Å². The van der Waals surface area contributed by atoms with Crippen LogP contribution >= 0.6 is 11.6 Å².